The van der Waals surface area contributed by atoms with Crippen LogP contribution >= 0.6 is 11.8 Å². The minimum absolute atomic E-state index is 0.236. The Morgan fingerprint density at radius 1 is 1.32 bits per heavy atom. The normalized spacial score (nSPS) is 15.3. The third-order valence-electron chi connectivity index (χ3n) is 3.43. The maximum Gasteiger partial charge on any atom is 0.138 e. The van der Waals surface area contributed by atoms with Gasteiger partial charge in [-0.1, -0.05) is 30.7 Å². The second-order valence-electron chi connectivity index (χ2n) is 4.94. The summed E-state index contributed by atoms with van der Waals surface area (Å²) in [6.45, 7) is -0.236. The van der Waals surface area contributed by atoms with Crippen LogP contribution in [0.3, 0.4) is 0 Å². The lowest BCUT2D eigenvalue weighted by Crippen LogP contribution is -1.97. The first-order valence-electron chi connectivity index (χ1n) is 6.75. The van der Waals surface area contributed by atoms with Crippen LogP contribution in [-0.2, 0) is 5.75 Å². The predicted octanol–water partition coefficient (Wildman–Crippen LogP) is 3.59. The van der Waals surface area contributed by atoms with E-state index in [1.54, 1.807) is 6.07 Å². The molecule has 1 aliphatic carbocycles. The van der Waals surface area contributed by atoms with Gasteiger partial charge >= 0.3 is 0 Å². The molecule has 0 aromatic heterocycles. The molecule has 102 valence electrons. The van der Waals surface area contributed by atoms with E-state index in [-0.39, 0.29) is 12.4 Å². The van der Waals surface area contributed by atoms with Crippen molar-refractivity contribution in [2.45, 2.75) is 31.4 Å². The van der Waals surface area contributed by atoms with Crippen LogP contribution in [0.5, 0.6) is 0 Å². The first-order chi connectivity index (χ1) is 9.29. The SMILES string of the molecule is OCC#Cc1cc(CSCC2CCCC2)ccc1F. The fraction of sp³-hybridized carbons (Fsp3) is 0.500. The van der Waals surface area contributed by atoms with Crippen molar-refractivity contribution >= 4 is 11.8 Å². The summed E-state index contributed by atoms with van der Waals surface area (Å²) in [5, 5.41) is 8.65. The molecule has 0 aliphatic heterocycles. The quantitative estimate of drug-likeness (QED) is 0.849. The van der Waals surface area contributed by atoms with E-state index in [0.717, 1.165) is 17.2 Å². The van der Waals surface area contributed by atoms with Gasteiger partial charge in [0.2, 0.25) is 0 Å². The van der Waals surface area contributed by atoms with Crippen molar-refractivity contribution in [3.63, 3.8) is 0 Å². The van der Waals surface area contributed by atoms with E-state index in [1.807, 2.05) is 17.8 Å². The lowest BCUT2D eigenvalue weighted by Gasteiger charge is -2.08. The van der Waals surface area contributed by atoms with Crippen molar-refractivity contribution in [1.82, 2.24) is 0 Å². The third kappa shape index (κ3) is 4.56. The van der Waals surface area contributed by atoms with Crippen LogP contribution in [0.25, 0.3) is 0 Å². The number of hydrogen-bond acceptors (Lipinski definition) is 2. The molecule has 2 rings (SSSR count). The van der Waals surface area contributed by atoms with Crippen LogP contribution in [0, 0.1) is 23.6 Å². The topological polar surface area (TPSA) is 20.2 Å². The number of benzene rings is 1. The van der Waals surface area contributed by atoms with Crippen molar-refractivity contribution in [1.29, 1.82) is 0 Å². The Morgan fingerprint density at radius 3 is 2.84 bits per heavy atom. The standard InChI is InChI=1S/C16H19FOS/c17-16-8-7-14(10-15(16)6-3-9-18)12-19-11-13-4-1-2-5-13/h7-8,10,13,18H,1-2,4-5,9,11-12H2. The lowest BCUT2D eigenvalue weighted by molar-refractivity contribution is 0.350. The Labute approximate surface area is 118 Å². The fourth-order valence-corrected chi connectivity index (χ4v) is 3.61. The molecule has 0 unspecified atom stereocenters. The van der Waals surface area contributed by atoms with E-state index >= 15 is 0 Å². The zero-order valence-corrected chi connectivity index (χ0v) is 11.8. The van der Waals surface area contributed by atoms with Gasteiger partial charge in [0, 0.05) is 5.75 Å². The minimum Gasteiger partial charge on any atom is -0.384 e. The molecule has 1 aromatic carbocycles. The number of aliphatic hydroxyl groups excluding tert-OH is 1. The summed E-state index contributed by atoms with van der Waals surface area (Å²) in [6, 6.07) is 5.08. The second kappa shape index (κ2) is 7.57. The van der Waals surface area contributed by atoms with Gasteiger partial charge in [0.05, 0.1) is 5.56 Å². The van der Waals surface area contributed by atoms with Gasteiger partial charge < -0.3 is 5.11 Å². The van der Waals surface area contributed by atoms with E-state index in [1.165, 1.54) is 37.5 Å². The molecular formula is C16H19FOS. The van der Waals surface area contributed by atoms with Crippen molar-refractivity contribution in [2.75, 3.05) is 12.4 Å². The summed E-state index contributed by atoms with van der Waals surface area (Å²) in [4.78, 5) is 0. The maximum atomic E-state index is 13.5. The van der Waals surface area contributed by atoms with Crippen molar-refractivity contribution in [3.8, 4) is 11.8 Å². The van der Waals surface area contributed by atoms with E-state index in [0.29, 0.717) is 5.56 Å². The summed E-state index contributed by atoms with van der Waals surface area (Å²) in [5.41, 5.74) is 1.49. The van der Waals surface area contributed by atoms with Crippen molar-refractivity contribution in [3.05, 3.63) is 35.1 Å². The van der Waals surface area contributed by atoms with Crippen LogP contribution < -0.4 is 0 Å². The maximum absolute atomic E-state index is 13.5. The number of thioether (sulfide) groups is 1. The highest BCUT2D eigenvalue weighted by Crippen LogP contribution is 2.29. The van der Waals surface area contributed by atoms with Crippen molar-refractivity contribution < 1.29 is 9.50 Å². The highest BCUT2D eigenvalue weighted by molar-refractivity contribution is 7.98. The summed E-state index contributed by atoms with van der Waals surface area (Å²) in [7, 11) is 0. The van der Waals surface area contributed by atoms with Crippen LogP contribution in [0.1, 0.15) is 36.8 Å². The highest BCUT2D eigenvalue weighted by atomic mass is 32.2. The van der Waals surface area contributed by atoms with Gasteiger partial charge in [0.1, 0.15) is 12.4 Å². The average Bonchev–Trinajstić information content (AvgIpc) is 2.92. The zero-order valence-electron chi connectivity index (χ0n) is 11.0. The molecule has 1 fully saturated rings. The molecule has 1 aliphatic rings. The predicted molar refractivity (Wildman–Crippen MR) is 78.5 cm³/mol. The van der Waals surface area contributed by atoms with Gasteiger partial charge in [-0.3, -0.25) is 0 Å². The first-order valence-corrected chi connectivity index (χ1v) is 7.91. The van der Waals surface area contributed by atoms with E-state index in [4.69, 9.17) is 5.11 Å². The van der Waals surface area contributed by atoms with Crippen LogP contribution in [0.15, 0.2) is 18.2 Å². The smallest absolute Gasteiger partial charge is 0.138 e. The monoisotopic (exact) mass is 278 g/mol. The van der Waals surface area contributed by atoms with Gasteiger partial charge in [0.25, 0.3) is 0 Å². The minimum atomic E-state index is -0.314. The summed E-state index contributed by atoms with van der Waals surface area (Å²) in [6.07, 6.45) is 5.48. The molecule has 0 amide bonds. The van der Waals surface area contributed by atoms with E-state index in [9.17, 15) is 4.39 Å². The molecule has 0 atom stereocenters. The lowest BCUT2D eigenvalue weighted by atomic mass is 10.1. The van der Waals surface area contributed by atoms with Gasteiger partial charge in [0.15, 0.2) is 0 Å². The molecule has 1 aromatic rings. The van der Waals surface area contributed by atoms with Crippen LogP contribution in [-0.4, -0.2) is 17.5 Å². The van der Waals surface area contributed by atoms with Gasteiger partial charge in [-0.25, -0.2) is 4.39 Å². The molecule has 0 heterocycles. The fourth-order valence-electron chi connectivity index (χ4n) is 2.41. The summed E-state index contributed by atoms with van der Waals surface area (Å²) < 4.78 is 13.5. The Hall–Kier alpha value is -0.980. The Balaban J connectivity index is 1.89. The molecule has 0 radical (unpaired) electrons. The molecule has 1 saturated carbocycles. The number of hydrogen-bond donors (Lipinski definition) is 1. The molecule has 1 nitrogen and oxygen atoms in total. The Morgan fingerprint density at radius 2 is 2.11 bits per heavy atom. The molecule has 1 N–H and O–H groups in total. The van der Waals surface area contributed by atoms with Crippen molar-refractivity contribution in [2.24, 2.45) is 5.92 Å². The largest absolute Gasteiger partial charge is 0.384 e. The Bertz CT molecular complexity index is 469. The number of rotatable bonds is 4. The zero-order chi connectivity index (χ0) is 13.5. The number of aliphatic hydroxyl groups is 1. The molecule has 0 spiro atoms. The number of halogens is 1. The summed E-state index contributed by atoms with van der Waals surface area (Å²) >= 11 is 1.92. The van der Waals surface area contributed by atoms with Gasteiger partial charge in [-0.05, 0) is 42.2 Å². The molecule has 19 heavy (non-hydrogen) atoms. The average molecular weight is 278 g/mol. The molecule has 0 saturated heterocycles. The highest BCUT2D eigenvalue weighted by Gasteiger charge is 2.14. The second-order valence-corrected chi connectivity index (χ2v) is 5.97. The third-order valence-corrected chi connectivity index (χ3v) is 4.67. The van der Waals surface area contributed by atoms with Gasteiger partial charge in [-0.15, -0.1) is 0 Å². The van der Waals surface area contributed by atoms with Gasteiger partial charge in [-0.2, -0.15) is 11.8 Å². The first kappa shape index (κ1) is 14.4. The molecular weight excluding hydrogens is 259 g/mol. The van der Waals surface area contributed by atoms with Crippen LogP contribution in [0.4, 0.5) is 4.39 Å². The Kier molecular flexibility index (Phi) is 5.75. The summed E-state index contributed by atoms with van der Waals surface area (Å²) in [5.74, 6) is 7.81. The van der Waals surface area contributed by atoms with E-state index in [2.05, 4.69) is 11.8 Å². The molecule has 0 bridgehead atoms. The molecule has 3 heteroatoms. The van der Waals surface area contributed by atoms with Crippen LogP contribution in [0.2, 0.25) is 0 Å². The van der Waals surface area contributed by atoms with E-state index < -0.39 is 0 Å².